The fourth-order valence-electron chi connectivity index (χ4n) is 2.71. The van der Waals surface area contributed by atoms with Crippen LogP contribution in [0.15, 0.2) is 0 Å². The first-order valence-corrected chi connectivity index (χ1v) is 6.61. The minimum atomic E-state index is -1.03. The molecule has 1 amide bonds. The Morgan fingerprint density at radius 2 is 1.95 bits per heavy atom. The lowest BCUT2D eigenvalue weighted by Gasteiger charge is -2.30. The lowest BCUT2D eigenvalue weighted by molar-refractivity contribution is -0.149. The number of hydrogen-bond acceptors (Lipinski definition) is 6. The van der Waals surface area contributed by atoms with Crippen LogP contribution in [0.3, 0.4) is 0 Å². The number of aliphatic hydroxyl groups is 1. The Hall–Kier alpha value is -1.34. The number of carbonyl (C=O) groups excluding carboxylic acids is 2. The number of esters is 1. The number of amides is 1. The van der Waals surface area contributed by atoms with Gasteiger partial charge in [0, 0.05) is 5.92 Å². The molecule has 0 unspecified atom stereocenters. The molecule has 0 aromatic rings. The fourth-order valence-corrected chi connectivity index (χ4v) is 2.71. The van der Waals surface area contributed by atoms with Gasteiger partial charge in [0.05, 0.1) is 32.5 Å². The van der Waals surface area contributed by atoms with Gasteiger partial charge in [-0.05, 0) is 20.8 Å². The van der Waals surface area contributed by atoms with Gasteiger partial charge in [-0.1, -0.05) is 0 Å². The Morgan fingerprint density at radius 3 is 2.50 bits per heavy atom. The van der Waals surface area contributed by atoms with E-state index in [1.165, 1.54) is 12.0 Å². The second kappa shape index (κ2) is 5.21. The van der Waals surface area contributed by atoms with Crippen LogP contribution in [0, 0.1) is 5.92 Å². The van der Waals surface area contributed by atoms with Gasteiger partial charge < -0.3 is 19.3 Å². The highest BCUT2D eigenvalue weighted by atomic mass is 16.6. The number of likely N-dealkylation sites (tertiary alicyclic amines) is 1. The first-order valence-electron chi connectivity index (χ1n) is 6.61. The molecule has 4 atom stereocenters. The van der Waals surface area contributed by atoms with E-state index in [9.17, 15) is 14.7 Å². The van der Waals surface area contributed by atoms with Gasteiger partial charge in [-0.2, -0.15) is 0 Å². The van der Waals surface area contributed by atoms with Crippen LogP contribution >= 0.6 is 0 Å². The van der Waals surface area contributed by atoms with E-state index in [1.54, 1.807) is 20.8 Å². The van der Waals surface area contributed by atoms with Crippen LogP contribution in [-0.2, 0) is 19.0 Å². The second-order valence-corrected chi connectivity index (χ2v) is 6.11. The lowest BCUT2D eigenvalue weighted by Crippen LogP contribution is -2.50. The number of nitrogens with zero attached hydrogens (tertiary/aromatic N) is 1. The third-order valence-electron chi connectivity index (χ3n) is 3.56. The SMILES string of the molecule is COC(=O)[C@H]1[C@H](O)[C@H]2COC[C@H]2N1C(=O)OC(C)(C)C. The van der Waals surface area contributed by atoms with Crippen LogP contribution in [0.5, 0.6) is 0 Å². The summed E-state index contributed by atoms with van der Waals surface area (Å²) < 4.78 is 15.3. The quantitative estimate of drug-likeness (QED) is 0.691. The molecule has 114 valence electrons. The van der Waals surface area contributed by atoms with E-state index in [0.29, 0.717) is 6.61 Å². The molecule has 0 radical (unpaired) electrons. The van der Waals surface area contributed by atoms with E-state index in [4.69, 9.17) is 14.2 Å². The van der Waals surface area contributed by atoms with Gasteiger partial charge in [0.15, 0.2) is 6.04 Å². The molecule has 2 saturated heterocycles. The smallest absolute Gasteiger partial charge is 0.411 e. The summed E-state index contributed by atoms with van der Waals surface area (Å²) in [6.45, 7) is 5.83. The highest BCUT2D eigenvalue weighted by molar-refractivity contribution is 5.83. The predicted molar refractivity (Wildman–Crippen MR) is 68.0 cm³/mol. The largest absolute Gasteiger partial charge is 0.467 e. The van der Waals surface area contributed by atoms with Crippen molar-refractivity contribution in [2.75, 3.05) is 20.3 Å². The van der Waals surface area contributed by atoms with Gasteiger partial charge in [-0.15, -0.1) is 0 Å². The topological polar surface area (TPSA) is 85.3 Å². The minimum Gasteiger partial charge on any atom is -0.467 e. The van der Waals surface area contributed by atoms with Crippen LogP contribution in [-0.4, -0.2) is 66.2 Å². The van der Waals surface area contributed by atoms with Crippen LogP contribution in [0.4, 0.5) is 4.79 Å². The number of hydrogen-bond donors (Lipinski definition) is 1. The van der Waals surface area contributed by atoms with E-state index in [0.717, 1.165) is 0 Å². The molecule has 20 heavy (non-hydrogen) atoms. The van der Waals surface area contributed by atoms with E-state index in [-0.39, 0.29) is 18.6 Å². The molecule has 1 N–H and O–H groups in total. The number of methoxy groups -OCH3 is 1. The Labute approximate surface area is 117 Å². The van der Waals surface area contributed by atoms with E-state index >= 15 is 0 Å². The summed E-state index contributed by atoms with van der Waals surface area (Å²) in [6.07, 6.45) is -1.63. The maximum absolute atomic E-state index is 12.3. The van der Waals surface area contributed by atoms with Crippen LogP contribution in [0.1, 0.15) is 20.8 Å². The van der Waals surface area contributed by atoms with Crippen molar-refractivity contribution >= 4 is 12.1 Å². The summed E-state index contributed by atoms with van der Waals surface area (Å²) in [4.78, 5) is 25.4. The van der Waals surface area contributed by atoms with Gasteiger partial charge in [0.25, 0.3) is 0 Å². The molecule has 2 heterocycles. The van der Waals surface area contributed by atoms with E-state index in [2.05, 4.69) is 0 Å². The molecule has 0 aliphatic carbocycles. The number of aliphatic hydroxyl groups excluding tert-OH is 1. The molecule has 2 rings (SSSR count). The van der Waals surface area contributed by atoms with Crippen molar-refractivity contribution in [3.05, 3.63) is 0 Å². The van der Waals surface area contributed by atoms with Gasteiger partial charge in [0.1, 0.15) is 5.60 Å². The number of rotatable bonds is 1. The third-order valence-corrected chi connectivity index (χ3v) is 3.56. The zero-order valence-corrected chi connectivity index (χ0v) is 12.2. The van der Waals surface area contributed by atoms with E-state index < -0.39 is 29.8 Å². The maximum atomic E-state index is 12.3. The molecule has 2 aliphatic rings. The first kappa shape index (κ1) is 15.1. The second-order valence-electron chi connectivity index (χ2n) is 6.11. The lowest BCUT2D eigenvalue weighted by atomic mass is 9.99. The van der Waals surface area contributed by atoms with Crippen molar-refractivity contribution in [3.63, 3.8) is 0 Å². The molecule has 0 aromatic carbocycles. The van der Waals surface area contributed by atoms with Crippen LogP contribution < -0.4 is 0 Å². The molecule has 0 aromatic heterocycles. The molecule has 0 saturated carbocycles. The predicted octanol–water partition coefficient (Wildman–Crippen LogP) is 0.155. The van der Waals surface area contributed by atoms with Crippen molar-refractivity contribution in [2.24, 2.45) is 5.92 Å². The molecular formula is C13H21NO6. The average Bonchev–Trinajstić information content (AvgIpc) is 2.88. The highest BCUT2D eigenvalue weighted by Crippen LogP contribution is 2.36. The van der Waals surface area contributed by atoms with Crippen molar-refractivity contribution in [2.45, 2.75) is 44.6 Å². The number of carbonyl (C=O) groups is 2. The van der Waals surface area contributed by atoms with Crippen molar-refractivity contribution in [3.8, 4) is 0 Å². The minimum absolute atomic E-state index is 0.286. The molecular weight excluding hydrogens is 266 g/mol. The highest BCUT2D eigenvalue weighted by Gasteiger charge is 2.57. The van der Waals surface area contributed by atoms with Gasteiger partial charge in [-0.25, -0.2) is 9.59 Å². The van der Waals surface area contributed by atoms with Crippen LogP contribution in [0.25, 0.3) is 0 Å². The fraction of sp³-hybridized carbons (Fsp3) is 0.846. The monoisotopic (exact) mass is 287 g/mol. The first-order chi connectivity index (χ1) is 9.26. The summed E-state index contributed by atoms with van der Waals surface area (Å²) in [7, 11) is 1.23. The zero-order valence-electron chi connectivity index (χ0n) is 12.2. The Kier molecular flexibility index (Phi) is 3.93. The summed E-state index contributed by atoms with van der Waals surface area (Å²) in [5.41, 5.74) is -0.680. The number of fused-ring (bicyclic) bond motifs is 1. The molecule has 7 nitrogen and oxygen atoms in total. The van der Waals surface area contributed by atoms with E-state index in [1.807, 2.05) is 0 Å². The molecule has 0 spiro atoms. The summed E-state index contributed by atoms with van der Waals surface area (Å²) in [6, 6.07) is -1.39. The Balaban J connectivity index is 2.25. The Morgan fingerprint density at radius 1 is 1.30 bits per heavy atom. The average molecular weight is 287 g/mol. The zero-order chi connectivity index (χ0) is 15.1. The normalized spacial score (nSPS) is 33.0. The summed E-state index contributed by atoms with van der Waals surface area (Å²) in [5, 5.41) is 10.2. The summed E-state index contributed by atoms with van der Waals surface area (Å²) in [5.74, 6) is -0.927. The van der Waals surface area contributed by atoms with Crippen molar-refractivity contribution in [1.82, 2.24) is 4.90 Å². The van der Waals surface area contributed by atoms with Crippen molar-refractivity contribution in [1.29, 1.82) is 0 Å². The Bertz CT molecular complexity index is 404. The van der Waals surface area contributed by atoms with Crippen LogP contribution in [0.2, 0.25) is 0 Å². The third kappa shape index (κ3) is 2.60. The van der Waals surface area contributed by atoms with Gasteiger partial charge in [-0.3, -0.25) is 4.90 Å². The molecule has 2 fully saturated rings. The molecule has 2 aliphatic heterocycles. The van der Waals surface area contributed by atoms with Gasteiger partial charge >= 0.3 is 12.1 Å². The number of ether oxygens (including phenoxy) is 3. The maximum Gasteiger partial charge on any atom is 0.411 e. The molecule has 7 heteroatoms. The standard InChI is InChI=1S/C13H21NO6/c1-13(2,3)20-12(17)14-8-6-19-5-7(8)10(15)9(14)11(16)18-4/h7-10,15H,5-6H2,1-4H3/t7-,8+,9+,10+/m0/s1. The summed E-state index contributed by atoms with van der Waals surface area (Å²) >= 11 is 0. The molecule has 0 bridgehead atoms. The van der Waals surface area contributed by atoms with Gasteiger partial charge in [0.2, 0.25) is 0 Å². The van der Waals surface area contributed by atoms with Crippen molar-refractivity contribution < 1.29 is 28.9 Å².